The molecule has 0 fully saturated rings. The van der Waals surface area contributed by atoms with Crippen molar-refractivity contribution >= 4 is 16.9 Å². The van der Waals surface area contributed by atoms with E-state index in [0.717, 1.165) is 16.5 Å². The van der Waals surface area contributed by atoms with Gasteiger partial charge in [-0.05, 0) is 30.7 Å². The van der Waals surface area contributed by atoms with Crippen molar-refractivity contribution in [2.75, 3.05) is 0 Å². The lowest BCUT2D eigenvalue weighted by molar-refractivity contribution is 0.0698. The van der Waals surface area contributed by atoms with Crippen LogP contribution in [-0.4, -0.2) is 15.6 Å². The number of para-hydroxylation sites is 1. The molecule has 0 aliphatic rings. The number of aromatic nitrogens is 1. The minimum absolute atomic E-state index is 0.279. The van der Waals surface area contributed by atoms with Gasteiger partial charge in [-0.2, -0.15) is 0 Å². The van der Waals surface area contributed by atoms with Crippen molar-refractivity contribution in [2.24, 2.45) is 0 Å². The Hall–Kier alpha value is -2.62. The Kier molecular flexibility index (Phi) is 3.22. The summed E-state index contributed by atoms with van der Waals surface area (Å²) in [6.07, 6.45) is 0. The highest BCUT2D eigenvalue weighted by atomic mass is 19.1. The molecule has 2 aromatic carbocycles. The minimum Gasteiger partial charge on any atom is -0.478 e. The zero-order chi connectivity index (χ0) is 15.0. The van der Waals surface area contributed by atoms with Crippen molar-refractivity contribution in [1.82, 2.24) is 4.57 Å². The van der Waals surface area contributed by atoms with Crippen LogP contribution < -0.4 is 0 Å². The summed E-state index contributed by atoms with van der Waals surface area (Å²) in [7, 11) is 0. The molecule has 3 nitrogen and oxygen atoms in total. The van der Waals surface area contributed by atoms with Gasteiger partial charge in [0.1, 0.15) is 5.82 Å². The third-order valence-electron chi connectivity index (χ3n) is 3.70. The molecule has 1 N–H and O–H groups in total. The zero-order valence-electron chi connectivity index (χ0n) is 11.5. The minimum atomic E-state index is -0.929. The van der Waals surface area contributed by atoms with Gasteiger partial charge in [-0.15, -0.1) is 0 Å². The number of hydrogen-bond acceptors (Lipinski definition) is 1. The molecule has 0 atom stereocenters. The number of carboxylic acid groups (broad SMARTS) is 1. The lowest BCUT2D eigenvalue weighted by Crippen LogP contribution is -2.04. The van der Waals surface area contributed by atoms with Gasteiger partial charge < -0.3 is 9.67 Å². The van der Waals surface area contributed by atoms with Gasteiger partial charge in [0.05, 0.1) is 5.56 Å². The molecule has 21 heavy (non-hydrogen) atoms. The zero-order valence-corrected chi connectivity index (χ0v) is 11.5. The predicted molar refractivity (Wildman–Crippen MR) is 79.1 cm³/mol. The van der Waals surface area contributed by atoms with Crippen LogP contribution in [0.3, 0.4) is 0 Å². The lowest BCUT2D eigenvalue weighted by atomic mass is 10.1. The molecule has 3 rings (SSSR count). The molecule has 0 bridgehead atoms. The summed E-state index contributed by atoms with van der Waals surface area (Å²) < 4.78 is 14.9. The number of nitrogens with zero attached hydrogens (tertiary/aromatic N) is 1. The summed E-state index contributed by atoms with van der Waals surface area (Å²) in [4.78, 5) is 11.5. The third-order valence-corrected chi connectivity index (χ3v) is 3.70. The van der Waals surface area contributed by atoms with E-state index in [-0.39, 0.29) is 5.82 Å². The van der Waals surface area contributed by atoms with Gasteiger partial charge >= 0.3 is 5.97 Å². The number of aromatic carboxylic acids is 1. The maximum atomic E-state index is 13.0. The van der Waals surface area contributed by atoms with Crippen LogP contribution in [0.4, 0.5) is 4.39 Å². The first kappa shape index (κ1) is 13.4. The van der Waals surface area contributed by atoms with E-state index in [4.69, 9.17) is 0 Å². The summed E-state index contributed by atoms with van der Waals surface area (Å²) in [5.74, 6) is -1.21. The Labute approximate surface area is 121 Å². The number of halogens is 1. The summed E-state index contributed by atoms with van der Waals surface area (Å²) in [6.45, 7) is 2.31. The Morgan fingerprint density at radius 3 is 2.48 bits per heavy atom. The topological polar surface area (TPSA) is 42.2 Å². The number of carboxylic acids is 1. The second-order valence-corrected chi connectivity index (χ2v) is 5.00. The van der Waals surface area contributed by atoms with Gasteiger partial charge in [0.2, 0.25) is 0 Å². The van der Waals surface area contributed by atoms with Gasteiger partial charge in [0.25, 0.3) is 0 Å². The maximum Gasteiger partial charge on any atom is 0.338 e. The van der Waals surface area contributed by atoms with E-state index < -0.39 is 5.97 Å². The van der Waals surface area contributed by atoms with Crippen LogP contribution in [0.15, 0.2) is 48.5 Å². The molecule has 0 spiro atoms. The average Bonchev–Trinajstić information content (AvgIpc) is 2.74. The van der Waals surface area contributed by atoms with Gasteiger partial charge in [0.15, 0.2) is 0 Å². The van der Waals surface area contributed by atoms with Crippen molar-refractivity contribution < 1.29 is 14.3 Å². The summed E-state index contributed by atoms with van der Waals surface area (Å²) in [5, 5.41) is 10.1. The van der Waals surface area contributed by atoms with Gasteiger partial charge in [-0.1, -0.05) is 30.3 Å². The molecule has 0 saturated heterocycles. The number of rotatable bonds is 3. The van der Waals surface area contributed by atoms with Crippen LogP contribution in [-0.2, 0) is 6.54 Å². The first-order valence-electron chi connectivity index (χ1n) is 6.63. The van der Waals surface area contributed by atoms with Crippen molar-refractivity contribution in [2.45, 2.75) is 13.5 Å². The lowest BCUT2D eigenvalue weighted by Gasteiger charge is -2.08. The number of hydrogen-bond donors (Lipinski definition) is 1. The molecule has 3 aromatic rings. The fourth-order valence-corrected chi connectivity index (χ4v) is 2.68. The molecule has 106 valence electrons. The molecule has 0 unspecified atom stereocenters. The molecular weight excluding hydrogens is 269 g/mol. The van der Waals surface area contributed by atoms with Gasteiger partial charge in [-0.25, -0.2) is 9.18 Å². The average molecular weight is 283 g/mol. The Morgan fingerprint density at radius 1 is 1.14 bits per heavy atom. The van der Waals surface area contributed by atoms with Crippen LogP contribution in [0.1, 0.15) is 21.6 Å². The molecule has 0 radical (unpaired) electrons. The fraction of sp³-hybridized carbons (Fsp3) is 0.118. The Morgan fingerprint density at radius 2 is 1.81 bits per heavy atom. The fourth-order valence-electron chi connectivity index (χ4n) is 2.68. The Bertz CT molecular complexity index is 819. The van der Waals surface area contributed by atoms with E-state index >= 15 is 0 Å². The second kappa shape index (κ2) is 5.05. The van der Waals surface area contributed by atoms with E-state index in [1.165, 1.54) is 12.1 Å². The van der Waals surface area contributed by atoms with Crippen LogP contribution in [0, 0.1) is 12.7 Å². The van der Waals surface area contributed by atoms with Crippen LogP contribution in [0.5, 0.6) is 0 Å². The first-order chi connectivity index (χ1) is 10.1. The van der Waals surface area contributed by atoms with Crippen molar-refractivity contribution in [3.63, 3.8) is 0 Å². The summed E-state index contributed by atoms with van der Waals surface area (Å²) >= 11 is 0. The molecule has 1 aromatic heterocycles. The van der Waals surface area contributed by atoms with Crippen LogP contribution in [0.2, 0.25) is 0 Å². The Balaban J connectivity index is 2.16. The van der Waals surface area contributed by atoms with E-state index in [0.29, 0.717) is 17.8 Å². The van der Waals surface area contributed by atoms with E-state index in [9.17, 15) is 14.3 Å². The highest BCUT2D eigenvalue weighted by Gasteiger charge is 2.18. The van der Waals surface area contributed by atoms with Crippen molar-refractivity contribution in [3.05, 3.63) is 71.2 Å². The summed E-state index contributed by atoms with van der Waals surface area (Å²) in [6, 6.07) is 13.7. The maximum absolute atomic E-state index is 13.0. The molecule has 1 heterocycles. The van der Waals surface area contributed by atoms with Crippen LogP contribution >= 0.6 is 0 Å². The monoisotopic (exact) mass is 283 g/mol. The van der Waals surface area contributed by atoms with Gasteiger partial charge in [-0.3, -0.25) is 0 Å². The molecule has 0 amide bonds. The molecule has 0 saturated carbocycles. The number of benzene rings is 2. The smallest absolute Gasteiger partial charge is 0.338 e. The van der Waals surface area contributed by atoms with E-state index in [1.54, 1.807) is 19.1 Å². The third kappa shape index (κ3) is 2.29. The molecule has 4 heteroatoms. The first-order valence-corrected chi connectivity index (χ1v) is 6.63. The van der Waals surface area contributed by atoms with Crippen LogP contribution in [0.25, 0.3) is 10.9 Å². The second-order valence-electron chi connectivity index (χ2n) is 5.00. The highest BCUT2D eigenvalue weighted by molar-refractivity contribution is 6.05. The molecule has 0 aliphatic carbocycles. The molecule has 0 aliphatic heterocycles. The molecular formula is C17H14FNO2. The van der Waals surface area contributed by atoms with Crippen molar-refractivity contribution in [1.29, 1.82) is 0 Å². The van der Waals surface area contributed by atoms with Crippen molar-refractivity contribution in [3.8, 4) is 0 Å². The quantitative estimate of drug-likeness (QED) is 0.793. The number of fused-ring (bicyclic) bond motifs is 1. The number of carbonyl (C=O) groups is 1. The largest absolute Gasteiger partial charge is 0.478 e. The van der Waals surface area contributed by atoms with Gasteiger partial charge in [0, 0.05) is 23.1 Å². The SMILES string of the molecule is Cc1c(C(=O)O)c2ccccc2n1Cc1ccc(F)cc1. The van der Waals surface area contributed by atoms with E-state index in [1.807, 2.05) is 28.8 Å². The normalized spacial score (nSPS) is 11.0. The predicted octanol–water partition coefficient (Wildman–Crippen LogP) is 3.84. The standard InChI is InChI=1S/C17H14FNO2/c1-11-16(17(20)21)14-4-2-3-5-15(14)19(11)10-12-6-8-13(18)9-7-12/h2-9H,10H2,1H3,(H,20,21). The van der Waals surface area contributed by atoms with E-state index in [2.05, 4.69) is 0 Å². The summed E-state index contributed by atoms with van der Waals surface area (Å²) in [5.41, 5.74) is 2.83. The highest BCUT2D eigenvalue weighted by Crippen LogP contribution is 2.26.